The van der Waals surface area contributed by atoms with Crippen LogP contribution in [0, 0.1) is 0 Å². The summed E-state index contributed by atoms with van der Waals surface area (Å²) in [7, 11) is 0. The highest BCUT2D eigenvalue weighted by atomic mass is 79.9. The molecule has 0 bridgehead atoms. The van der Waals surface area contributed by atoms with E-state index < -0.39 is 0 Å². The number of rotatable bonds is 2. The number of carbonyl (C=O) groups is 1. The zero-order valence-corrected chi connectivity index (χ0v) is 10.9. The standard InChI is InChI=1S/C12H14BrNO3/c13-8-3-4-10(11(15)6-8)12(16)14-9-2-1-5-17-7-9/h3-4,6,9,15H,1-2,5,7H2,(H,14,16). The molecule has 1 aliphatic heterocycles. The first-order chi connectivity index (χ1) is 8.16. The second kappa shape index (κ2) is 5.51. The number of carbonyl (C=O) groups excluding carboxylic acids is 1. The molecule has 2 N–H and O–H groups in total. The molecule has 1 saturated heterocycles. The fourth-order valence-electron chi connectivity index (χ4n) is 1.81. The van der Waals surface area contributed by atoms with Gasteiger partial charge in [0.05, 0.1) is 18.2 Å². The normalized spacial score (nSPS) is 19.9. The Kier molecular flexibility index (Phi) is 4.02. The van der Waals surface area contributed by atoms with Crippen LogP contribution in [0.1, 0.15) is 23.2 Å². The summed E-state index contributed by atoms with van der Waals surface area (Å²) in [6, 6.07) is 4.87. The van der Waals surface area contributed by atoms with Crippen molar-refractivity contribution in [3.8, 4) is 5.75 Å². The summed E-state index contributed by atoms with van der Waals surface area (Å²) in [5.74, 6) is -0.279. The molecule has 1 heterocycles. The first-order valence-corrected chi connectivity index (χ1v) is 6.33. The lowest BCUT2D eigenvalue weighted by Gasteiger charge is -2.23. The smallest absolute Gasteiger partial charge is 0.255 e. The lowest BCUT2D eigenvalue weighted by Crippen LogP contribution is -2.40. The number of phenolic OH excluding ortho intramolecular Hbond substituents is 1. The van der Waals surface area contributed by atoms with E-state index >= 15 is 0 Å². The molecule has 1 amide bonds. The second-order valence-corrected chi connectivity index (χ2v) is 4.96. The Morgan fingerprint density at radius 3 is 3.00 bits per heavy atom. The largest absolute Gasteiger partial charge is 0.507 e. The predicted molar refractivity (Wildman–Crippen MR) is 67.1 cm³/mol. The quantitative estimate of drug-likeness (QED) is 0.879. The topological polar surface area (TPSA) is 58.6 Å². The number of halogens is 1. The van der Waals surface area contributed by atoms with Crippen LogP contribution < -0.4 is 5.32 Å². The minimum Gasteiger partial charge on any atom is -0.507 e. The van der Waals surface area contributed by atoms with E-state index in [2.05, 4.69) is 21.2 Å². The maximum absolute atomic E-state index is 11.9. The molecule has 4 nitrogen and oxygen atoms in total. The van der Waals surface area contributed by atoms with Crippen LogP contribution in [0.2, 0.25) is 0 Å². The molecule has 1 aromatic carbocycles. The molecule has 5 heteroatoms. The second-order valence-electron chi connectivity index (χ2n) is 4.05. The molecule has 0 aliphatic carbocycles. The first-order valence-electron chi connectivity index (χ1n) is 5.54. The van der Waals surface area contributed by atoms with Crippen molar-refractivity contribution in [1.29, 1.82) is 0 Å². The number of ether oxygens (including phenoxy) is 1. The van der Waals surface area contributed by atoms with Crippen molar-refractivity contribution in [2.75, 3.05) is 13.2 Å². The molecule has 0 aromatic heterocycles. The molecule has 1 unspecified atom stereocenters. The van der Waals surface area contributed by atoms with Gasteiger partial charge in [0.15, 0.2) is 0 Å². The number of aromatic hydroxyl groups is 1. The number of phenols is 1. The highest BCUT2D eigenvalue weighted by molar-refractivity contribution is 9.10. The summed E-state index contributed by atoms with van der Waals surface area (Å²) in [4.78, 5) is 11.9. The van der Waals surface area contributed by atoms with Gasteiger partial charge in [-0.1, -0.05) is 15.9 Å². The number of hydrogen-bond acceptors (Lipinski definition) is 3. The van der Waals surface area contributed by atoms with Gasteiger partial charge >= 0.3 is 0 Å². The van der Waals surface area contributed by atoms with Gasteiger partial charge in [-0.3, -0.25) is 4.79 Å². The Morgan fingerprint density at radius 2 is 2.35 bits per heavy atom. The predicted octanol–water partition coefficient (Wildman–Crippen LogP) is 2.06. The van der Waals surface area contributed by atoms with Gasteiger partial charge in [-0.05, 0) is 31.0 Å². The Bertz CT molecular complexity index is 416. The van der Waals surface area contributed by atoms with Crippen LogP contribution in [0.4, 0.5) is 0 Å². The molecular formula is C12H14BrNO3. The van der Waals surface area contributed by atoms with Crippen molar-refractivity contribution in [3.63, 3.8) is 0 Å². The third-order valence-corrected chi connectivity index (χ3v) is 3.19. The van der Waals surface area contributed by atoms with Crippen LogP contribution in [0.3, 0.4) is 0 Å². The zero-order chi connectivity index (χ0) is 12.3. The number of hydrogen-bond donors (Lipinski definition) is 2. The Morgan fingerprint density at radius 1 is 1.53 bits per heavy atom. The van der Waals surface area contributed by atoms with E-state index in [9.17, 15) is 9.90 Å². The average Bonchev–Trinajstić information content (AvgIpc) is 2.30. The zero-order valence-electron chi connectivity index (χ0n) is 9.28. The molecule has 1 atom stereocenters. The molecule has 0 spiro atoms. The lowest BCUT2D eigenvalue weighted by molar-refractivity contribution is 0.0623. The number of nitrogens with one attached hydrogen (secondary N) is 1. The van der Waals surface area contributed by atoms with E-state index in [1.807, 2.05) is 0 Å². The van der Waals surface area contributed by atoms with Crippen LogP contribution >= 0.6 is 15.9 Å². The molecule has 17 heavy (non-hydrogen) atoms. The third kappa shape index (κ3) is 3.20. The number of amides is 1. The van der Waals surface area contributed by atoms with Crippen molar-refractivity contribution in [3.05, 3.63) is 28.2 Å². The Balaban J connectivity index is 2.03. The van der Waals surface area contributed by atoms with Gasteiger partial charge in [0.2, 0.25) is 0 Å². The van der Waals surface area contributed by atoms with Crippen molar-refractivity contribution in [1.82, 2.24) is 5.32 Å². The maximum atomic E-state index is 11.9. The van der Waals surface area contributed by atoms with Crippen LogP contribution in [-0.2, 0) is 4.74 Å². The van der Waals surface area contributed by atoms with Gasteiger partial charge in [0, 0.05) is 11.1 Å². The van der Waals surface area contributed by atoms with E-state index in [0.717, 1.165) is 23.9 Å². The van der Waals surface area contributed by atoms with Gasteiger partial charge in [0.25, 0.3) is 5.91 Å². The lowest BCUT2D eigenvalue weighted by atomic mass is 10.1. The number of benzene rings is 1. The summed E-state index contributed by atoms with van der Waals surface area (Å²) >= 11 is 3.23. The van der Waals surface area contributed by atoms with Gasteiger partial charge in [-0.2, -0.15) is 0 Å². The van der Waals surface area contributed by atoms with Crippen LogP contribution in [0.15, 0.2) is 22.7 Å². The fraction of sp³-hybridized carbons (Fsp3) is 0.417. The summed E-state index contributed by atoms with van der Waals surface area (Å²) in [6.45, 7) is 1.30. The van der Waals surface area contributed by atoms with Gasteiger partial charge in [-0.15, -0.1) is 0 Å². The minimum atomic E-state index is -0.259. The Hall–Kier alpha value is -1.07. The van der Waals surface area contributed by atoms with E-state index in [-0.39, 0.29) is 17.7 Å². The van der Waals surface area contributed by atoms with Gasteiger partial charge in [-0.25, -0.2) is 0 Å². The first kappa shape index (κ1) is 12.4. The minimum absolute atomic E-state index is 0.0198. The molecule has 2 rings (SSSR count). The monoisotopic (exact) mass is 299 g/mol. The van der Waals surface area contributed by atoms with Crippen molar-refractivity contribution in [2.24, 2.45) is 0 Å². The van der Waals surface area contributed by atoms with E-state index in [1.54, 1.807) is 12.1 Å². The Labute approximate surface area is 108 Å². The van der Waals surface area contributed by atoms with E-state index in [1.165, 1.54) is 6.07 Å². The summed E-state index contributed by atoms with van der Waals surface area (Å²) in [5, 5.41) is 12.5. The van der Waals surface area contributed by atoms with Crippen LogP contribution in [-0.4, -0.2) is 30.3 Å². The molecule has 0 saturated carbocycles. The van der Waals surface area contributed by atoms with Crippen molar-refractivity contribution < 1.29 is 14.6 Å². The molecule has 1 fully saturated rings. The van der Waals surface area contributed by atoms with Crippen molar-refractivity contribution in [2.45, 2.75) is 18.9 Å². The molecule has 1 aromatic rings. The highest BCUT2D eigenvalue weighted by Crippen LogP contribution is 2.22. The molecule has 1 aliphatic rings. The average molecular weight is 300 g/mol. The van der Waals surface area contributed by atoms with E-state index in [0.29, 0.717) is 12.2 Å². The van der Waals surface area contributed by atoms with E-state index in [4.69, 9.17) is 4.74 Å². The fourth-order valence-corrected chi connectivity index (χ4v) is 2.16. The van der Waals surface area contributed by atoms with Gasteiger partial charge in [0.1, 0.15) is 5.75 Å². The molecule has 92 valence electrons. The summed E-state index contributed by atoms with van der Waals surface area (Å²) in [5.41, 5.74) is 0.291. The third-order valence-electron chi connectivity index (χ3n) is 2.70. The highest BCUT2D eigenvalue weighted by Gasteiger charge is 2.18. The maximum Gasteiger partial charge on any atom is 0.255 e. The summed E-state index contributed by atoms with van der Waals surface area (Å²) < 4.78 is 6.03. The van der Waals surface area contributed by atoms with Crippen LogP contribution in [0.5, 0.6) is 5.75 Å². The summed E-state index contributed by atoms with van der Waals surface area (Å²) in [6.07, 6.45) is 1.88. The SMILES string of the molecule is O=C(NC1CCCOC1)c1ccc(Br)cc1O. The van der Waals surface area contributed by atoms with Gasteiger partial charge < -0.3 is 15.2 Å². The van der Waals surface area contributed by atoms with Crippen LogP contribution in [0.25, 0.3) is 0 Å². The molecular weight excluding hydrogens is 286 g/mol. The van der Waals surface area contributed by atoms with Crippen molar-refractivity contribution >= 4 is 21.8 Å². The molecule has 0 radical (unpaired) electrons.